The number of carbonyl (C=O) groups is 3. The van der Waals surface area contributed by atoms with Gasteiger partial charge in [0.25, 0.3) is 0 Å². The molecule has 2 rings (SSSR count). The Balaban J connectivity index is 0.000000333. The van der Waals surface area contributed by atoms with Crippen molar-refractivity contribution >= 4 is 23.6 Å². The Morgan fingerprint density at radius 3 is 2.20 bits per heavy atom. The average Bonchev–Trinajstić information content (AvgIpc) is 2.61. The Labute approximate surface area is 145 Å². The first-order valence-electron chi connectivity index (χ1n) is 7.81. The van der Waals surface area contributed by atoms with Crippen LogP contribution in [-0.4, -0.2) is 60.9 Å². The smallest absolute Gasteiger partial charge is 0.340 e. The van der Waals surface area contributed by atoms with Crippen LogP contribution in [0.4, 0.5) is 5.69 Å². The van der Waals surface area contributed by atoms with Crippen LogP contribution in [0, 0.1) is 0 Å². The van der Waals surface area contributed by atoms with Gasteiger partial charge in [0.05, 0.1) is 17.9 Å². The van der Waals surface area contributed by atoms with E-state index in [-0.39, 0.29) is 5.97 Å². The highest BCUT2D eigenvalue weighted by Gasteiger charge is 2.18. The van der Waals surface area contributed by atoms with Crippen molar-refractivity contribution in [1.82, 2.24) is 5.32 Å². The molecule has 0 saturated carbocycles. The van der Waals surface area contributed by atoms with Gasteiger partial charge in [0, 0.05) is 38.3 Å². The zero-order chi connectivity index (χ0) is 18.7. The minimum absolute atomic E-state index is 0.235. The normalized spacial score (nSPS) is 13.7. The van der Waals surface area contributed by atoms with Crippen molar-refractivity contribution in [3.63, 3.8) is 0 Å². The lowest BCUT2D eigenvalue weighted by molar-refractivity contribution is -0.134. The second-order valence-corrected chi connectivity index (χ2v) is 4.98. The van der Waals surface area contributed by atoms with Gasteiger partial charge < -0.3 is 25.2 Å². The molecule has 1 saturated heterocycles. The molecular formula is C17H22N2O6. The molecular weight excluding hydrogens is 328 g/mol. The van der Waals surface area contributed by atoms with E-state index in [9.17, 15) is 14.4 Å². The fourth-order valence-electron chi connectivity index (χ4n) is 2.18. The van der Waals surface area contributed by atoms with Gasteiger partial charge in [0.2, 0.25) is 0 Å². The average molecular weight is 350 g/mol. The number of benzene rings is 1. The van der Waals surface area contributed by atoms with Gasteiger partial charge in [-0.15, -0.1) is 0 Å². The molecule has 0 bridgehead atoms. The summed E-state index contributed by atoms with van der Waals surface area (Å²) in [6.07, 6.45) is 1.12. The second kappa shape index (κ2) is 10.8. The quantitative estimate of drug-likeness (QED) is 0.532. The van der Waals surface area contributed by atoms with Gasteiger partial charge in [-0.2, -0.15) is 0 Å². The first kappa shape index (κ1) is 20.2. The van der Waals surface area contributed by atoms with E-state index in [0.29, 0.717) is 24.3 Å². The SMILES string of the molecule is CCOC(=O)c1ccccc1N1CCNCC1.O=C(O)/C=C\C(=O)O. The number of aliphatic carboxylic acids is 2. The van der Waals surface area contributed by atoms with Gasteiger partial charge in [0.15, 0.2) is 0 Å². The molecule has 1 fully saturated rings. The summed E-state index contributed by atoms with van der Waals surface area (Å²) in [5.41, 5.74) is 1.64. The van der Waals surface area contributed by atoms with Crippen molar-refractivity contribution in [2.45, 2.75) is 6.92 Å². The lowest BCUT2D eigenvalue weighted by Crippen LogP contribution is -2.44. The van der Waals surface area contributed by atoms with Gasteiger partial charge in [-0.25, -0.2) is 14.4 Å². The maximum atomic E-state index is 11.8. The molecule has 1 aromatic carbocycles. The molecule has 25 heavy (non-hydrogen) atoms. The number of anilines is 1. The van der Waals surface area contributed by atoms with E-state index in [1.165, 1.54) is 0 Å². The Kier molecular flexibility index (Phi) is 8.73. The maximum Gasteiger partial charge on any atom is 0.340 e. The third kappa shape index (κ3) is 7.49. The number of piperazine rings is 1. The number of para-hydroxylation sites is 1. The molecule has 0 radical (unpaired) electrons. The number of ether oxygens (including phenoxy) is 1. The molecule has 3 N–H and O–H groups in total. The fourth-order valence-corrected chi connectivity index (χ4v) is 2.18. The highest BCUT2D eigenvalue weighted by atomic mass is 16.5. The fraction of sp³-hybridized carbons (Fsp3) is 0.353. The van der Waals surface area contributed by atoms with Crippen LogP contribution in [0.25, 0.3) is 0 Å². The van der Waals surface area contributed by atoms with E-state index in [1.807, 2.05) is 31.2 Å². The Morgan fingerprint density at radius 2 is 1.68 bits per heavy atom. The number of carboxylic acid groups (broad SMARTS) is 2. The van der Waals surface area contributed by atoms with E-state index in [1.54, 1.807) is 0 Å². The minimum atomic E-state index is -1.26. The lowest BCUT2D eigenvalue weighted by atomic mass is 10.1. The summed E-state index contributed by atoms with van der Waals surface area (Å²) in [6.45, 7) is 6.00. The van der Waals surface area contributed by atoms with Crippen molar-refractivity contribution in [2.24, 2.45) is 0 Å². The predicted octanol–water partition coefficient (Wildman–Crippen LogP) is 0.985. The van der Waals surface area contributed by atoms with Crippen LogP contribution in [0.5, 0.6) is 0 Å². The number of carboxylic acids is 2. The molecule has 0 spiro atoms. The van der Waals surface area contributed by atoms with E-state index in [2.05, 4.69) is 10.2 Å². The van der Waals surface area contributed by atoms with Crippen LogP contribution in [0.15, 0.2) is 36.4 Å². The molecule has 0 amide bonds. The van der Waals surface area contributed by atoms with E-state index in [4.69, 9.17) is 14.9 Å². The van der Waals surface area contributed by atoms with Crippen LogP contribution in [0.3, 0.4) is 0 Å². The Bertz CT molecular complexity index is 607. The number of nitrogens with zero attached hydrogens (tertiary/aromatic N) is 1. The van der Waals surface area contributed by atoms with E-state index < -0.39 is 11.9 Å². The van der Waals surface area contributed by atoms with Gasteiger partial charge in [-0.1, -0.05) is 12.1 Å². The summed E-state index contributed by atoms with van der Waals surface area (Å²) in [4.78, 5) is 33.2. The van der Waals surface area contributed by atoms with Crippen LogP contribution in [0.1, 0.15) is 17.3 Å². The van der Waals surface area contributed by atoms with E-state index >= 15 is 0 Å². The Morgan fingerprint density at radius 1 is 1.12 bits per heavy atom. The number of esters is 1. The summed E-state index contributed by atoms with van der Waals surface area (Å²) in [5.74, 6) is -2.75. The van der Waals surface area contributed by atoms with Crippen molar-refractivity contribution in [2.75, 3.05) is 37.7 Å². The zero-order valence-electron chi connectivity index (χ0n) is 14.0. The summed E-state index contributed by atoms with van der Waals surface area (Å²) >= 11 is 0. The summed E-state index contributed by atoms with van der Waals surface area (Å²) < 4.78 is 5.08. The molecule has 0 atom stereocenters. The van der Waals surface area contributed by atoms with Crippen LogP contribution in [-0.2, 0) is 14.3 Å². The minimum Gasteiger partial charge on any atom is -0.478 e. The van der Waals surface area contributed by atoms with Crippen molar-refractivity contribution in [3.05, 3.63) is 42.0 Å². The first-order chi connectivity index (χ1) is 12.0. The zero-order valence-corrected chi connectivity index (χ0v) is 14.0. The largest absolute Gasteiger partial charge is 0.478 e. The highest BCUT2D eigenvalue weighted by Crippen LogP contribution is 2.21. The van der Waals surface area contributed by atoms with Crippen LogP contribution < -0.4 is 10.2 Å². The Hall–Kier alpha value is -2.87. The molecule has 0 unspecified atom stereocenters. The lowest BCUT2D eigenvalue weighted by Gasteiger charge is -2.30. The van der Waals surface area contributed by atoms with Crippen LogP contribution in [0.2, 0.25) is 0 Å². The summed E-state index contributed by atoms with van der Waals surface area (Å²) in [7, 11) is 0. The highest BCUT2D eigenvalue weighted by molar-refractivity contribution is 5.96. The molecule has 0 aromatic heterocycles. The maximum absolute atomic E-state index is 11.8. The molecule has 1 aliphatic rings. The number of carbonyl (C=O) groups excluding carboxylic acids is 1. The standard InChI is InChI=1S/C13H18N2O2.C4H4O4/c1-2-17-13(16)11-5-3-4-6-12(11)15-9-7-14-8-10-15;5-3(6)1-2-4(7)8/h3-6,14H,2,7-10H2,1H3;1-2H,(H,5,6)(H,7,8)/b;2-1-. The third-order valence-corrected chi connectivity index (χ3v) is 3.23. The molecule has 1 heterocycles. The van der Waals surface area contributed by atoms with E-state index in [0.717, 1.165) is 31.9 Å². The number of nitrogens with one attached hydrogen (secondary N) is 1. The van der Waals surface area contributed by atoms with Gasteiger partial charge in [-0.3, -0.25) is 0 Å². The predicted molar refractivity (Wildman–Crippen MR) is 91.9 cm³/mol. The van der Waals surface area contributed by atoms with Crippen LogP contribution >= 0.6 is 0 Å². The van der Waals surface area contributed by atoms with Crippen molar-refractivity contribution in [1.29, 1.82) is 0 Å². The number of hydrogen-bond acceptors (Lipinski definition) is 6. The molecule has 136 valence electrons. The summed E-state index contributed by atoms with van der Waals surface area (Å²) in [5, 5.41) is 18.9. The van der Waals surface area contributed by atoms with Gasteiger partial charge in [-0.05, 0) is 19.1 Å². The topological polar surface area (TPSA) is 116 Å². The first-order valence-corrected chi connectivity index (χ1v) is 7.81. The molecule has 1 aliphatic heterocycles. The van der Waals surface area contributed by atoms with Gasteiger partial charge >= 0.3 is 17.9 Å². The molecule has 8 heteroatoms. The summed E-state index contributed by atoms with van der Waals surface area (Å²) in [6, 6.07) is 7.64. The number of hydrogen-bond donors (Lipinski definition) is 3. The monoisotopic (exact) mass is 350 g/mol. The molecule has 1 aromatic rings. The van der Waals surface area contributed by atoms with Crippen molar-refractivity contribution in [3.8, 4) is 0 Å². The number of rotatable bonds is 5. The molecule has 0 aliphatic carbocycles. The van der Waals surface area contributed by atoms with Gasteiger partial charge in [0.1, 0.15) is 0 Å². The molecule has 8 nitrogen and oxygen atoms in total. The third-order valence-electron chi connectivity index (χ3n) is 3.23. The second-order valence-electron chi connectivity index (χ2n) is 4.98. The van der Waals surface area contributed by atoms with Crippen molar-refractivity contribution < 1.29 is 29.3 Å².